The minimum absolute atomic E-state index is 0.115. The Labute approximate surface area is 215 Å². The smallest absolute Gasteiger partial charge is 0.0120 e. The van der Waals surface area contributed by atoms with Crippen molar-refractivity contribution in [3.05, 3.63) is 79.9 Å². The van der Waals surface area contributed by atoms with Gasteiger partial charge in [0.05, 0.1) is 0 Å². The van der Waals surface area contributed by atoms with Crippen molar-refractivity contribution in [3.63, 3.8) is 0 Å². The zero-order chi connectivity index (χ0) is 25.3. The maximum atomic E-state index is 2.60. The van der Waals surface area contributed by atoms with Gasteiger partial charge in [0, 0.05) is 11.8 Å². The van der Waals surface area contributed by atoms with Gasteiger partial charge in [0.25, 0.3) is 0 Å². The molecule has 2 aliphatic carbocycles. The molecule has 0 amide bonds. The Balaban J connectivity index is 1.85. The number of hydrogen-bond donors (Lipinski definition) is 0. The van der Waals surface area contributed by atoms with Gasteiger partial charge in [0.1, 0.15) is 0 Å². The van der Waals surface area contributed by atoms with Gasteiger partial charge < -0.3 is 0 Å². The van der Waals surface area contributed by atoms with E-state index in [0.717, 1.165) is 0 Å². The highest BCUT2D eigenvalue weighted by Crippen LogP contribution is 2.61. The van der Waals surface area contributed by atoms with E-state index in [9.17, 15) is 0 Å². The quantitative estimate of drug-likeness (QED) is 0.304. The number of rotatable bonds is 10. The first-order chi connectivity index (χ1) is 16.7. The SMILES string of the molecule is CCCCCC1=Cc2c(C)ccc(C)c2C1C(C)(C)C1C(CCCCC)=Cc2c(C)ccc(C)c21. The third-order valence-corrected chi connectivity index (χ3v) is 9.05. The second-order valence-electron chi connectivity index (χ2n) is 12.1. The van der Waals surface area contributed by atoms with Crippen LogP contribution in [0.3, 0.4) is 0 Å². The summed E-state index contributed by atoms with van der Waals surface area (Å²) in [6.45, 7) is 19.1. The molecule has 0 heteroatoms. The molecule has 0 aliphatic heterocycles. The second kappa shape index (κ2) is 10.5. The van der Waals surface area contributed by atoms with Crippen LogP contribution >= 0.6 is 0 Å². The summed E-state index contributed by atoms with van der Waals surface area (Å²) in [6, 6.07) is 9.41. The molecular formula is C35H48. The first-order valence-electron chi connectivity index (χ1n) is 14.3. The minimum atomic E-state index is 0.115. The molecule has 0 fully saturated rings. The van der Waals surface area contributed by atoms with Crippen LogP contribution in [0, 0.1) is 33.1 Å². The molecule has 0 saturated heterocycles. The monoisotopic (exact) mass is 468 g/mol. The predicted molar refractivity (Wildman–Crippen MR) is 155 cm³/mol. The zero-order valence-electron chi connectivity index (χ0n) is 23.8. The van der Waals surface area contributed by atoms with E-state index < -0.39 is 0 Å². The van der Waals surface area contributed by atoms with E-state index in [1.54, 1.807) is 22.3 Å². The molecule has 4 rings (SSSR count). The van der Waals surface area contributed by atoms with Gasteiger partial charge >= 0.3 is 0 Å². The van der Waals surface area contributed by atoms with E-state index in [-0.39, 0.29) is 5.41 Å². The molecule has 2 unspecified atom stereocenters. The van der Waals surface area contributed by atoms with Gasteiger partial charge in [-0.25, -0.2) is 0 Å². The highest BCUT2D eigenvalue weighted by molar-refractivity contribution is 5.75. The molecule has 2 aliphatic rings. The van der Waals surface area contributed by atoms with Crippen LogP contribution in [0.4, 0.5) is 0 Å². The zero-order valence-corrected chi connectivity index (χ0v) is 23.8. The number of hydrogen-bond acceptors (Lipinski definition) is 0. The average Bonchev–Trinajstić information content (AvgIpc) is 3.41. The van der Waals surface area contributed by atoms with E-state index in [2.05, 4.69) is 91.8 Å². The summed E-state index contributed by atoms with van der Waals surface area (Å²) in [5.41, 5.74) is 15.6. The van der Waals surface area contributed by atoms with E-state index in [1.807, 2.05) is 0 Å². The van der Waals surface area contributed by atoms with Crippen molar-refractivity contribution in [1.82, 2.24) is 0 Å². The van der Waals surface area contributed by atoms with Crippen molar-refractivity contribution in [2.45, 2.75) is 119 Å². The second-order valence-corrected chi connectivity index (χ2v) is 12.1. The van der Waals surface area contributed by atoms with E-state index in [0.29, 0.717) is 11.8 Å². The summed E-state index contributed by atoms with van der Waals surface area (Å²) >= 11 is 0. The predicted octanol–water partition coefficient (Wildman–Crippen LogP) is 10.8. The lowest BCUT2D eigenvalue weighted by Gasteiger charge is -2.43. The molecule has 2 atom stereocenters. The molecule has 0 spiro atoms. The van der Waals surface area contributed by atoms with Crippen LogP contribution in [0.25, 0.3) is 12.2 Å². The van der Waals surface area contributed by atoms with Gasteiger partial charge in [-0.15, -0.1) is 0 Å². The van der Waals surface area contributed by atoms with Crippen molar-refractivity contribution in [1.29, 1.82) is 0 Å². The fraction of sp³-hybridized carbons (Fsp3) is 0.543. The van der Waals surface area contributed by atoms with Crippen LogP contribution in [0.2, 0.25) is 0 Å². The van der Waals surface area contributed by atoms with Crippen molar-refractivity contribution >= 4 is 12.2 Å². The number of aryl methyl sites for hydroxylation is 4. The Hall–Kier alpha value is -2.08. The van der Waals surface area contributed by atoms with Gasteiger partial charge in [-0.1, -0.05) is 101 Å². The Kier molecular flexibility index (Phi) is 7.80. The topological polar surface area (TPSA) is 0 Å². The van der Waals surface area contributed by atoms with Gasteiger partial charge in [-0.05, 0) is 103 Å². The van der Waals surface area contributed by atoms with Crippen LogP contribution < -0.4 is 0 Å². The molecule has 0 nitrogen and oxygen atoms in total. The maximum Gasteiger partial charge on any atom is 0.0120 e. The molecule has 0 radical (unpaired) electrons. The fourth-order valence-corrected chi connectivity index (χ4v) is 7.22. The van der Waals surface area contributed by atoms with Gasteiger partial charge in [0.2, 0.25) is 0 Å². The third-order valence-electron chi connectivity index (χ3n) is 9.05. The Bertz CT molecular complexity index is 1050. The Morgan fingerprint density at radius 2 is 0.943 bits per heavy atom. The summed E-state index contributed by atoms with van der Waals surface area (Å²) in [5, 5.41) is 0. The summed E-state index contributed by atoms with van der Waals surface area (Å²) in [7, 11) is 0. The average molecular weight is 469 g/mol. The molecule has 0 N–H and O–H groups in total. The van der Waals surface area contributed by atoms with Crippen LogP contribution in [0.15, 0.2) is 35.4 Å². The van der Waals surface area contributed by atoms with Crippen LogP contribution in [0.1, 0.15) is 135 Å². The van der Waals surface area contributed by atoms with Gasteiger partial charge in [-0.2, -0.15) is 0 Å². The normalized spacial score (nSPS) is 19.0. The molecule has 0 heterocycles. The summed E-state index contributed by atoms with van der Waals surface area (Å²) in [4.78, 5) is 0. The molecule has 0 bridgehead atoms. The van der Waals surface area contributed by atoms with E-state index in [4.69, 9.17) is 0 Å². The number of fused-ring (bicyclic) bond motifs is 2. The lowest BCUT2D eigenvalue weighted by atomic mass is 9.60. The lowest BCUT2D eigenvalue weighted by Crippen LogP contribution is -2.31. The number of benzene rings is 2. The van der Waals surface area contributed by atoms with Gasteiger partial charge in [-0.3, -0.25) is 0 Å². The van der Waals surface area contributed by atoms with Crippen molar-refractivity contribution in [2.75, 3.05) is 0 Å². The van der Waals surface area contributed by atoms with E-state index in [1.165, 1.54) is 84.7 Å². The van der Waals surface area contributed by atoms with E-state index >= 15 is 0 Å². The third kappa shape index (κ3) is 4.71. The molecule has 2 aromatic carbocycles. The molecule has 0 aromatic heterocycles. The van der Waals surface area contributed by atoms with Crippen LogP contribution in [0.5, 0.6) is 0 Å². The number of unbranched alkanes of at least 4 members (excludes halogenated alkanes) is 4. The molecule has 35 heavy (non-hydrogen) atoms. The maximum absolute atomic E-state index is 2.60. The highest BCUT2D eigenvalue weighted by Gasteiger charge is 2.47. The van der Waals surface area contributed by atoms with Crippen LogP contribution in [-0.4, -0.2) is 0 Å². The van der Waals surface area contributed by atoms with Gasteiger partial charge in [0.15, 0.2) is 0 Å². The molecule has 188 valence electrons. The van der Waals surface area contributed by atoms with Crippen molar-refractivity contribution in [2.24, 2.45) is 5.41 Å². The molecular weight excluding hydrogens is 420 g/mol. The Morgan fingerprint density at radius 3 is 1.31 bits per heavy atom. The Morgan fingerprint density at radius 1 is 0.571 bits per heavy atom. The lowest BCUT2D eigenvalue weighted by molar-refractivity contribution is 0.266. The largest absolute Gasteiger partial charge is 0.0654 e. The standard InChI is InChI=1S/C35H48/c1-9-11-13-15-27-21-29-23(3)17-19-25(5)31(29)33(27)35(7,8)34-28(16-14-12-10-2)22-30-24(4)18-20-26(6)32(30)34/h17-22,33-34H,9-16H2,1-8H3. The molecule has 0 saturated carbocycles. The minimum Gasteiger partial charge on any atom is -0.0654 e. The first kappa shape index (κ1) is 26.0. The summed E-state index contributed by atoms with van der Waals surface area (Å²) in [6.07, 6.45) is 15.5. The summed E-state index contributed by atoms with van der Waals surface area (Å²) < 4.78 is 0. The number of allylic oxidation sites excluding steroid dienone is 2. The highest BCUT2D eigenvalue weighted by atomic mass is 14.5. The van der Waals surface area contributed by atoms with Crippen molar-refractivity contribution < 1.29 is 0 Å². The first-order valence-corrected chi connectivity index (χ1v) is 14.3. The van der Waals surface area contributed by atoms with Crippen LogP contribution in [-0.2, 0) is 0 Å². The van der Waals surface area contributed by atoms with Crippen molar-refractivity contribution in [3.8, 4) is 0 Å². The molecule has 2 aromatic rings. The summed E-state index contributed by atoms with van der Waals surface area (Å²) in [5.74, 6) is 0.972. The fourth-order valence-electron chi connectivity index (χ4n) is 7.22.